The van der Waals surface area contributed by atoms with Crippen molar-refractivity contribution in [1.82, 2.24) is 0 Å². The fourth-order valence-corrected chi connectivity index (χ4v) is 4.38. The van der Waals surface area contributed by atoms with Crippen molar-refractivity contribution in [2.45, 2.75) is 11.8 Å². The molecule has 0 aliphatic rings. The van der Waals surface area contributed by atoms with Crippen molar-refractivity contribution in [1.29, 1.82) is 0 Å². The summed E-state index contributed by atoms with van der Waals surface area (Å²) < 4.78 is 32.0. The van der Waals surface area contributed by atoms with Gasteiger partial charge in [0.1, 0.15) is 22.7 Å². The Bertz CT molecular complexity index is 1990. The SMILES string of the molecule is Cc1ccc(/N=N/c2c(N)ccc3c(O)c(N=Nc4ccc(S(=O)(=O)O)cc4C(=O)O)c(C(=O)O)cc23)c(C(=O)O)c1. The maximum atomic E-state index is 12.1. The first-order valence-electron chi connectivity index (χ1n) is 11.5. The number of aryl methyl sites for hydroxylation is 1. The number of fused-ring (bicyclic) bond motifs is 1. The van der Waals surface area contributed by atoms with Crippen molar-refractivity contribution < 1.29 is 47.8 Å². The van der Waals surface area contributed by atoms with E-state index < -0.39 is 61.2 Å². The number of carboxylic acid groups (broad SMARTS) is 3. The third-order valence-electron chi connectivity index (χ3n) is 5.90. The van der Waals surface area contributed by atoms with Gasteiger partial charge >= 0.3 is 17.9 Å². The average molecular weight is 594 g/mol. The lowest BCUT2D eigenvalue weighted by Crippen LogP contribution is -2.03. The Hall–Kier alpha value is -5.74. The molecule has 0 aliphatic carbocycles. The molecule has 15 nitrogen and oxygen atoms in total. The largest absolute Gasteiger partial charge is 0.505 e. The van der Waals surface area contributed by atoms with E-state index in [9.17, 15) is 47.8 Å². The van der Waals surface area contributed by atoms with E-state index in [-0.39, 0.29) is 33.4 Å². The van der Waals surface area contributed by atoms with Gasteiger partial charge in [-0.2, -0.15) is 8.42 Å². The molecule has 0 fully saturated rings. The summed E-state index contributed by atoms with van der Waals surface area (Å²) in [6.45, 7) is 1.69. The van der Waals surface area contributed by atoms with E-state index >= 15 is 0 Å². The minimum atomic E-state index is -4.74. The molecule has 0 atom stereocenters. The molecule has 7 N–H and O–H groups in total. The molecule has 0 saturated carbocycles. The van der Waals surface area contributed by atoms with Gasteiger partial charge in [-0.25, -0.2) is 14.4 Å². The standard InChI is InChI=1S/C26H19N5O10S/c1-11-2-6-19(15(8-11)24(33)34)28-30-21-14-10-17(26(37)38)22(23(32)13(14)4-5-18(21)27)31-29-20-7-3-12(42(39,40)41)9-16(20)25(35)36/h2-10,32H,27H2,1H3,(H,33,34)(H,35,36)(H,37,38)(H,39,40,41)/b30-28+,31-29?. The number of nitrogens with zero attached hydrogens (tertiary/aromatic N) is 4. The van der Waals surface area contributed by atoms with Gasteiger partial charge in [0, 0.05) is 10.8 Å². The van der Waals surface area contributed by atoms with Crippen LogP contribution in [0, 0.1) is 6.92 Å². The molecular formula is C26H19N5O10S. The van der Waals surface area contributed by atoms with Crippen LogP contribution >= 0.6 is 0 Å². The Morgan fingerprint density at radius 3 is 1.81 bits per heavy atom. The Balaban J connectivity index is 1.89. The summed E-state index contributed by atoms with van der Waals surface area (Å²) in [5.74, 6) is -5.14. The zero-order chi connectivity index (χ0) is 30.9. The molecule has 0 bridgehead atoms. The van der Waals surface area contributed by atoms with Crippen molar-refractivity contribution in [2.75, 3.05) is 5.73 Å². The number of phenols is 1. The maximum absolute atomic E-state index is 12.1. The van der Waals surface area contributed by atoms with Crippen molar-refractivity contribution in [3.05, 3.63) is 76.9 Å². The van der Waals surface area contributed by atoms with Gasteiger partial charge in [0.2, 0.25) is 0 Å². The van der Waals surface area contributed by atoms with Crippen molar-refractivity contribution in [3.63, 3.8) is 0 Å². The highest BCUT2D eigenvalue weighted by molar-refractivity contribution is 7.85. The van der Waals surface area contributed by atoms with Gasteiger partial charge in [-0.1, -0.05) is 11.6 Å². The molecule has 16 heteroatoms. The highest BCUT2D eigenvalue weighted by atomic mass is 32.2. The first kappa shape index (κ1) is 29.2. The molecule has 214 valence electrons. The second kappa shape index (κ2) is 11.0. The molecule has 0 radical (unpaired) electrons. The molecular weight excluding hydrogens is 574 g/mol. The number of anilines is 1. The highest BCUT2D eigenvalue weighted by Crippen LogP contribution is 2.44. The molecule has 0 heterocycles. The second-order valence-electron chi connectivity index (χ2n) is 8.71. The lowest BCUT2D eigenvalue weighted by molar-refractivity contribution is 0.0686. The van der Waals surface area contributed by atoms with Crippen molar-refractivity contribution >= 4 is 67.2 Å². The fourth-order valence-electron chi connectivity index (χ4n) is 3.87. The molecule has 0 aliphatic heterocycles. The molecule has 4 aromatic carbocycles. The van der Waals surface area contributed by atoms with Crippen LogP contribution in [0.1, 0.15) is 36.6 Å². The monoisotopic (exact) mass is 593 g/mol. The number of nitrogen functional groups attached to an aromatic ring is 1. The van der Waals surface area contributed by atoms with Gasteiger partial charge in [-0.15, -0.1) is 20.5 Å². The Labute approximate surface area is 235 Å². The van der Waals surface area contributed by atoms with Crippen LogP contribution in [0.2, 0.25) is 0 Å². The maximum Gasteiger partial charge on any atom is 0.338 e. The normalized spacial score (nSPS) is 11.9. The second-order valence-corrected chi connectivity index (χ2v) is 10.1. The smallest absolute Gasteiger partial charge is 0.338 e. The predicted octanol–water partition coefficient (Wildman–Crippen LogP) is 5.61. The van der Waals surface area contributed by atoms with Crippen LogP contribution in [0.5, 0.6) is 5.75 Å². The number of nitrogens with two attached hydrogens (primary N) is 1. The van der Waals surface area contributed by atoms with Crippen molar-refractivity contribution in [3.8, 4) is 5.75 Å². The third-order valence-corrected chi connectivity index (χ3v) is 6.75. The number of aromatic carboxylic acids is 3. The van der Waals surface area contributed by atoms with Crippen LogP contribution in [-0.2, 0) is 10.1 Å². The third kappa shape index (κ3) is 5.74. The number of phenolic OH excluding ortho intramolecular Hbond substituents is 1. The first-order chi connectivity index (χ1) is 19.7. The Kier molecular flexibility index (Phi) is 7.68. The van der Waals surface area contributed by atoms with Crippen LogP contribution in [-0.4, -0.2) is 51.3 Å². The summed E-state index contributed by atoms with van der Waals surface area (Å²) in [7, 11) is -4.74. The van der Waals surface area contributed by atoms with Crippen LogP contribution < -0.4 is 5.73 Å². The molecule has 4 aromatic rings. The minimum Gasteiger partial charge on any atom is -0.505 e. The number of benzene rings is 4. The lowest BCUT2D eigenvalue weighted by Gasteiger charge is -2.11. The topological polar surface area (TPSA) is 262 Å². The van der Waals surface area contributed by atoms with Gasteiger partial charge in [-0.05, 0) is 55.5 Å². The van der Waals surface area contributed by atoms with Gasteiger partial charge in [-0.3, -0.25) is 4.55 Å². The lowest BCUT2D eigenvalue weighted by atomic mass is 10.0. The molecule has 42 heavy (non-hydrogen) atoms. The average Bonchev–Trinajstić information content (AvgIpc) is 2.91. The fraction of sp³-hybridized carbons (Fsp3) is 0.0385. The van der Waals surface area contributed by atoms with E-state index in [0.29, 0.717) is 11.6 Å². The van der Waals surface area contributed by atoms with E-state index in [4.69, 9.17) is 5.73 Å². The minimum absolute atomic E-state index is 0.000330. The molecule has 0 saturated heterocycles. The number of hydrogen-bond acceptors (Lipinski definition) is 11. The number of aromatic hydroxyl groups is 1. The molecule has 0 aromatic heterocycles. The van der Waals surface area contributed by atoms with Gasteiger partial charge in [0.25, 0.3) is 10.1 Å². The van der Waals surface area contributed by atoms with Gasteiger partial charge in [0.15, 0.2) is 5.75 Å². The summed E-state index contributed by atoms with van der Waals surface area (Å²) in [4.78, 5) is 34.7. The number of azo groups is 2. The zero-order valence-corrected chi connectivity index (χ0v) is 22.1. The Morgan fingerprint density at radius 2 is 1.24 bits per heavy atom. The number of hydrogen-bond donors (Lipinski definition) is 6. The first-order valence-corrected chi connectivity index (χ1v) is 13.0. The highest BCUT2D eigenvalue weighted by Gasteiger charge is 2.22. The Morgan fingerprint density at radius 1 is 0.690 bits per heavy atom. The van der Waals surface area contributed by atoms with Crippen molar-refractivity contribution in [2.24, 2.45) is 20.5 Å². The predicted molar refractivity (Wildman–Crippen MR) is 147 cm³/mol. The van der Waals surface area contributed by atoms with Crippen LogP contribution in [0.15, 0.2) is 79.9 Å². The van der Waals surface area contributed by atoms with Crippen LogP contribution in [0.4, 0.5) is 28.4 Å². The number of carbonyl (C=O) groups is 3. The quantitative estimate of drug-likeness (QED) is 0.0830. The molecule has 4 rings (SSSR count). The van der Waals surface area contributed by atoms with Crippen LogP contribution in [0.25, 0.3) is 10.8 Å². The van der Waals surface area contributed by atoms with Gasteiger partial charge in [0.05, 0.1) is 27.3 Å². The van der Waals surface area contributed by atoms with E-state index in [0.717, 1.165) is 18.2 Å². The van der Waals surface area contributed by atoms with E-state index in [1.165, 1.54) is 24.3 Å². The number of rotatable bonds is 8. The summed E-state index contributed by atoms with van der Waals surface area (Å²) in [6.07, 6.45) is 0. The van der Waals surface area contributed by atoms with Crippen LogP contribution in [0.3, 0.4) is 0 Å². The number of carboxylic acids is 3. The zero-order valence-electron chi connectivity index (χ0n) is 21.2. The summed E-state index contributed by atoms with van der Waals surface area (Å²) in [5.41, 5.74) is 4.23. The van der Waals surface area contributed by atoms with E-state index in [1.807, 2.05) is 0 Å². The summed E-state index contributed by atoms with van der Waals surface area (Å²) in [6, 6.07) is 10.6. The molecule has 0 spiro atoms. The van der Waals surface area contributed by atoms with E-state index in [2.05, 4.69) is 20.5 Å². The summed E-state index contributed by atoms with van der Waals surface area (Å²) in [5, 5.41) is 55.3. The van der Waals surface area contributed by atoms with Gasteiger partial charge < -0.3 is 26.2 Å². The molecule has 0 amide bonds. The summed E-state index contributed by atoms with van der Waals surface area (Å²) >= 11 is 0. The van der Waals surface area contributed by atoms with E-state index in [1.54, 1.807) is 13.0 Å². The molecule has 0 unspecified atom stereocenters.